The monoisotopic (exact) mass is 189 g/mol. The van der Waals surface area contributed by atoms with Gasteiger partial charge in [-0.1, -0.05) is 30.3 Å². The van der Waals surface area contributed by atoms with Crippen LogP contribution in [0, 0.1) is 0 Å². The van der Waals surface area contributed by atoms with E-state index in [4.69, 9.17) is 4.74 Å². The van der Waals surface area contributed by atoms with E-state index in [1.165, 1.54) is 0 Å². The summed E-state index contributed by atoms with van der Waals surface area (Å²) >= 11 is 0. The first kappa shape index (κ1) is 8.94. The molecule has 3 nitrogen and oxygen atoms in total. The summed E-state index contributed by atoms with van der Waals surface area (Å²) in [6, 6.07) is 9.32. The molecule has 0 bridgehead atoms. The summed E-state index contributed by atoms with van der Waals surface area (Å²) in [4.78, 5) is 15.2. The molecule has 0 N–H and O–H groups in total. The summed E-state index contributed by atoms with van der Waals surface area (Å²) < 4.78 is 5.07. The number of ether oxygens (including phenoxy) is 1. The smallest absolute Gasteiger partial charge is 0.337 e. The number of carbonyl (C=O) groups is 1. The summed E-state index contributed by atoms with van der Waals surface area (Å²) in [5.41, 5.74) is 1.86. The van der Waals surface area contributed by atoms with E-state index in [-0.39, 0.29) is 12.0 Å². The molecule has 1 unspecified atom stereocenters. The molecule has 1 aromatic carbocycles. The van der Waals surface area contributed by atoms with Crippen molar-refractivity contribution < 1.29 is 9.53 Å². The van der Waals surface area contributed by atoms with Crippen molar-refractivity contribution in [3.8, 4) is 0 Å². The zero-order valence-corrected chi connectivity index (χ0v) is 7.93. The topological polar surface area (TPSA) is 38.7 Å². The Bertz CT molecular complexity index is 370. The molecule has 72 valence electrons. The third-order valence-electron chi connectivity index (χ3n) is 2.11. The van der Waals surface area contributed by atoms with Gasteiger partial charge in [0.1, 0.15) is 6.61 Å². The molecule has 0 saturated carbocycles. The zero-order valence-electron chi connectivity index (χ0n) is 7.93. The van der Waals surface area contributed by atoms with Crippen LogP contribution in [0.2, 0.25) is 0 Å². The molecule has 0 spiro atoms. The average molecular weight is 189 g/mol. The zero-order chi connectivity index (χ0) is 9.97. The van der Waals surface area contributed by atoms with E-state index in [1.54, 1.807) is 0 Å². The van der Waals surface area contributed by atoms with Crippen LogP contribution in [-0.2, 0) is 16.1 Å². The summed E-state index contributed by atoms with van der Waals surface area (Å²) in [5, 5.41) is 0. The molecule has 1 atom stereocenters. The van der Waals surface area contributed by atoms with Gasteiger partial charge in [-0.15, -0.1) is 0 Å². The van der Waals surface area contributed by atoms with Crippen LogP contribution < -0.4 is 0 Å². The Morgan fingerprint density at radius 1 is 1.43 bits per heavy atom. The van der Waals surface area contributed by atoms with Gasteiger partial charge in [0.25, 0.3) is 0 Å². The van der Waals surface area contributed by atoms with E-state index >= 15 is 0 Å². The number of hydrogen-bond donors (Lipinski definition) is 0. The van der Waals surface area contributed by atoms with Gasteiger partial charge in [-0.2, -0.15) is 0 Å². The van der Waals surface area contributed by atoms with Crippen molar-refractivity contribution in [2.45, 2.75) is 19.6 Å². The van der Waals surface area contributed by atoms with Crippen LogP contribution in [0.1, 0.15) is 12.5 Å². The second-order valence-electron chi connectivity index (χ2n) is 3.27. The highest BCUT2D eigenvalue weighted by molar-refractivity contribution is 6.14. The van der Waals surface area contributed by atoms with Gasteiger partial charge in [0.2, 0.25) is 0 Å². The van der Waals surface area contributed by atoms with Crippen LogP contribution >= 0.6 is 0 Å². The fourth-order valence-electron chi connectivity index (χ4n) is 1.20. The van der Waals surface area contributed by atoms with Gasteiger partial charge in [-0.3, -0.25) is 4.99 Å². The molecule has 1 heterocycles. The fraction of sp³-hybridized carbons (Fsp3) is 0.273. The third-order valence-corrected chi connectivity index (χ3v) is 2.11. The van der Waals surface area contributed by atoms with Crippen molar-refractivity contribution in [1.82, 2.24) is 0 Å². The standard InChI is InChI=1S/C11H11NO2/c1-8-10(12-8)11(13)14-7-9-5-3-2-4-6-9/h2-6,10H,7H2,1H3. The van der Waals surface area contributed by atoms with E-state index in [9.17, 15) is 4.79 Å². The van der Waals surface area contributed by atoms with Gasteiger partial charge in [0.15, 0.2) is 6.04 Å². The van der Waals surface area contributed by atoms with Gasteiger partial charge in [0.05, 0.1) is 0 Å². The van der Waals surface area contributed by atoms with Crippen molar-refractivity contribution in [2.75, 3.05) is 0 Å². The molecule has 0 saturated heterocycles. The Balaban J connectivity index is 1.81. The molecule has 1 aliphatic heterocycles. The van der Waals surface area contributed by atoms with E-state index in [2.05, 4.69) is 4.99 Å². The SMILES string of the molecule is CC1=NC1C(=O)OCc1ccccc1. The summed E-state index contributed by atoms with van der Waals surface area (Å²) in [6.07, 6.45) is 0. The van der Waals surface area contributed by atoms with Crippen LogP contribution in [0.5, 0.6) is 0 Å². The van der Waals surface area contributed by atoms with E-state index < -0.39 is 0 Å². The molecule has 0 aliphatic carbocycles. The second kappa shape index (κ2) is 3.62. The Hall–Kier alpha value is -1.64. The number of aliphatic imine (C=N–C) groups is 1. The first-order valence-electron chi connectivity index (χ1n) is 4.52. The molecule has 0 radical (unpaired) electrons. The molecular weight excluding hydrogens is 178 g/mol. The molecule has 0 aromatic heterocycles. The average Bonchev–Trinajstić information content (AvgIpc) is 2.94. The lowest BCUT2D eigenvalue weighted by atomic mass is 10.2. The first-order valence-corrected chi connectivity index (χ1v) is 4.52. The maximum Gasteiger partial charge on any atom is 0.337 e. The van der Waals surface area contributed by atoms with Crippen LogP contribution in [-0.4, -0.2) is 17.7 Å². The molecule has 3 heteroatoms. The fourth-order valence-corrected chi connectivity index (χ4v) is 1.20. The Kier molecular flexibility index (Phi) is 2.31. The normalized spacial score (nSPS) is 18.6. The summed E-state index contributed by atoms with van der Waals surface area (Å²) in [6.45, 7) is 2.16. The maximum atomic E-state index is 11.3. The minimum absolute atomic E-state index is 0.244. The highest BCUT2D eigenvalue weighted by Crippen LogP contribution is 2.13. The lowest BCUT2D eigenvalue weighted by Crippen LogP contribution is -2.14. The first-order chi connectivity index (χ1) is 6.77. The summed E-state index contributed by atoms with van der Waals surface area (Å²) in [7, 11) is 0. The van der Waals surface area contributed by atoms with Gasteiger partial charge in [-0.25, -0.2) is 4.79 Å². The van der Waals surface area contributed by atoms with Crippen LogP contribution in [0.3, 0.4) is 0 Å². The van der Waals surface area contributed by atoms with Gasteiger partial charge in [0, 0.05) is 5.71 Å². The van der Waals surface area contributed by atoms with Crippen molar-refractivity contribution in [1.29, 1.82) is 0 Å². The number of esters is 1. The van der Waals surface area contributed by atoms with Crippen LogP contribution in [0.25, 0.3) is 0 Å². The Morgan fingerprint density at radius 2 is 2.07 bits per heavy atom. The number of rotatable bonds is 3. The Morgan fingerprint density at radius 3 is 2.64 bits per heavy atom. The lowest BCUT2D eigenvalue weighted by molar-refractivity contribution is -0.143. The van der Waals surface area contributed by atoms with Crippen LogP contribution in [0.4, 0.5) is 0 Å². The van der Waals surface area contributed by atoms with Crippen LogP contribution in [0.15, 0.2) is 35.3 Å². The molecule has 0 amide bonds. The van der Waals surface area contributed by atoms with E-state index in [0.29, 0.717) is 6.61 Å². The predicted octanol–water partition coefficient (Wildman–Crippen LogP) is 1.57. The van der Waals surface area contributed by atoms with Crippen molar-refractivity contribution >= 4 is 11.7 Å². The quantitative estimate of drug-likeness (QED) is 0.677. The largest absolute Gasteiger partial charge is 0.459 e. The number of nitrogens with zero attached hydrogens (tertiary/aromatic N) is 1. The minimum Gasteiger partial charge on any atom is -0.459 e. The third kappa shape index (κ3) is 1.99. The maximum absolute atomic E-state index is 11.3. The number of carbonyl (C=O) groups excluding carboxylic acids is 1. The predicted molar refractivity (Wildman–Crippen MR) is 53.1 cm³/mol. The molecular formula is C11H11NO2. The summed E-state index contributed by atoms with van der Waals surface area (Å²) in [5.74, 6) is -0.244. The van der Waals surface area contributed by atoms with Gasteiger partial charge in [-0.05, 0) is 12.5 Å². The number of hydrogen-bond acceptors (Lipinski definition) is 3. The second-order valence-corrected chi connectivity index (χ2v) is 3.27. The molecule has 1 aromatic rings. The van der Waals surface area contributed by atoms with Crippen molar-refractivity contribution in [2.24, 2.45) is 4.99 Å². The highest BCUT2D eigenvalue weighted by atomic mass is 16.5. The van der Waals surface area contributed by atoms with Gasteiger partial charge < -0.3 is 4.74 Å². The molecule has 14 heavy (non-hydrogen) atoms. The molecule has 1 aliphatic rings. The van der Waals surface area contributed by atoms with Crippen molar-refractivity contribution in [3.63, 3.8) is 0 Å². The molecule has 0 fully saturated rings. The van der Waals surface area contributed by atoms with Gasteiger partial charge >= 0.3 is 5.97 Å². The molecule has 2 rings (SSSR count). The Labute approximate surface area is 82.4 Å². The van der Waals surface area contributed by atoms with E-state index in [0.717, 1.165) is 11.3 Å². The number of benzene rings is 1. The lowest BCUT2D eigenvalue weighted by Gasteiger charge is -2.02. The van der Waals surface area contributed by atoms with Crippen molar-refractivity contribution in [3.05, 3.63) is 35.9 Å². The van der Waals surface area contributed by atoms with E-state index in [1.807, 2.05) is 37.3 Å². The minimum atomic E-state index is -0.293. The highest BCUT2D eigenvalue weighted by Gasteiger charge is 2.32.